The van der Waals surface area contributed by atoms with Gasteiger partial charge in [-0.25, -0.2) is 12.8 Å². The van der Waals surface area contributed by atoms with Crippen LogP contribution in [0.5, 0.6) is 0 Å². The summed E-state index contributed by atoms with van der Waals surface area (Å²) in [4.78, 5) is 24.6. The lowest BCUT2D eigenvalue weighted by Crippen LogP contribution is -2.37. The molecule has 0 aliphatic heterocycles. The normalized spacial score (nSPS) is 10.8. The maximum atomic E-state index is 12.8. The van der Waals surface area contributed by atoms with Gasteiger partial charge in [-0.05, 0) is 24.3 Å². The van der Waals surface area contributed by atoms with Crippen LogP contribution >= 0.6 is 0 Å². The zero-order valence-corrected chi connectivity index (χ0v) is 14.3. The quantitative estimate of drug-likeness (QED) is 0.487. The molecule has 0 spiro atoms. The van der Waals surface area contributed by atoms with Crippen molar-refractivity contribution in [1.29, 1.82) is 0 Å². The smallest absolute Gasteiger partial charge is 0.321 e. The summed E-state index contributed by atoms with van der Waals surface area (Å²) in [5.74, 6) is -1.97. The Morgan fingerprint density at radius 1 is 1.16 bits per heavy atom. The third-order valence-corrected chi connectivity index (χ3v) is 4.36. The molecular formula is C16H19FN2O5S. The molecule has 0 fully saturated rings. The summed E-state index contributed by atoms with van der Waals surface area (Å²) in [6.07, 6.45) is 3.03. The first-order valence-electron chi connectivity index (χ1n) is 7.20. The number of sulfonamides is 1. The van der Waals surface area contributed by atoms with Crippen molar-refractivity contribution in [3.63, 3.8) is 0 Å². The number of hydrogen-bond acceptors (Lipinski definition) is 5. The second-order valence-corrected chi connectivity index (χ2v) is 6.58. The van der Waals surface area contributed by atoms with E-state index in [0.29, 0.717) is 0 Å². The number of carbonyl (C=O) groups is 2. The SMILES string of the molecule is C=CCN(CC=C)C(=O)COC(=O)CNS(=O)(=O)c1ccc(F)cc1. The topological polar surface area (TPSA) is 92.8 Å². The van der Waals surface area contributed by atoms with Crippen molar-refractivity contribution in [1.82, 2.24) is 9.62 Å². The molecule has 1 amide bonds. The summed E-state index contributed by atoms with van der Waals surface area (Å²) >= 11 is 0. The number of ether oxygens (including phenoxy) is 1. The Bertz CT molecular complexity index is 721. The summed E-state index contributed by atoms with van der Waals surface area (Å²) in [7, 11) is -3.98. The third-order valence-electron chi connectivity index (χ3n) is 2.94. The summed E-state index contributed by atoms with van der Waals surface area (Å²) < 4.78 is 43.4. The number of nitrogens with zero attached hydrogens (tertiary/aromatic N) is 1. The molecule has 9 heteroatoms. The number of rotatable bonds is 10. The van der Waals surface area contributed by atoms with Crippen LogP contribution in [0.1, 0.15) is 0 Å². The van der Waals surface area contributed by atoms with Crippen LogP contribution in [-0.2, 0) is 24.3 Å². The summed E-state index contributed by atoms with van der Waals surface area (Å²) in [6.45, 7) is 6.37. The molecule has 7 nitrogen and oxygen atoms in total. The largest absolute Gasteiger partial charge is 0.455 e. The molecular weight excluding hydrogens is 351 g/mol. The molecule has 1 N–H and O–H groups in total. The standard InChI is InChI=1S/C16H19FN2O5S/c1-3-9-19(10-4-2)15(20)12-24-16(21)11-18-25(22,23)14-7-5-13(17)6-8-14/h3-8,18H,1-2,9-12H2. The average molecular weight is 370 g/mol. The zero-order chi connectivity index (χ0) is 18.9. The van der Waals surface area contributed by atoms with E-state index in [2.05, 4.69) is 13.2 Å². The number of amides is 1. The van der Waals surface area contributed by atoms with Gasteiger partial charge in [-0.3, -0.25) is 9.59 Å². The monoisotopic (exact) mass is 370 g/mol. The first kappa shape index (κ1) is 20.5. The van der Waals surface area contributed by atoms with Crippen LogP contribution in [0.4, 0.5) is 4.39 Å². The molecule has 0 saturated heterocycles. The van der Waals surface area contributed by atoms with Crippen molar-refractivity contribution in [3.05, 3.63) is 55.4 Å². The molecule has 0 radical (unpaired) electrons. The van der Waals surface area contributed by atoms with Crippen molar-refractivity contribution in [2.75, 3.05) is 26.2 Å². The third kappa shape index (κ3) is 6.86. The van der Waals surface area contributed by atoms with Gasteiger partial charge in [0.2, 0.25) is 10.0 Å². The van der Waals surface area contributed by atoms with E-state index in [1.807, 2.05) is 4.72 Å². The summed E-state index contributed by atoms with van der Waals surface area (Å²) in [5, 5.41) is 0. The fraction of sp³-hybridized carbons (Fsp3) is 0.250. The van der Waals surface area contributed by atoms with Gasteiger partial charge >= 0.3 is 5.97 Å². The molecule has 0 atom stereocenters. The van der Waals surface area contributed by atoms with Crippen LogP contribution in [0.15, 0.2) is 54.5 Å². The lowest BCUT2D eigenvalue weighted by molar-refractivity contribution is -0.150. The van der Waals surface area contributed by atoms with Crippen molar-refractivity contribution in [3.8, 4) is 0 Å². The van der Waals surface area contributed by atoms with E-state index in [-0.39, 0.29) is 18.0 Å². The molecule has 0 bridgehead atoms. The lowest BCUT2D eigenvalue weighted by atomic mass is 10.4. The van der Waals surface area contributed by atoms with E-state index in [0.717, 1.165) is 24.3 Å². The molecule has 0 aliphatic carbocycles. The molecule has 25 heavy (non-hydrogen) atoms. The zero-order valence-electron chi connectivity index (χ0n) is 13.5. The fourth-order valence-corrected chi connectivity index (χ4v) is 2.69. The fourth-order valence-electron chi connectivity index (χ4n) is 1.73. The predicted octanol–water partition coefficient (Wildman–Crippen LogP) is 0.848. The van der Waals surface area contributed by atoms with Crippen LogP contribution in [0.2, 0.25) is 0 Å². The van der Waals surface area contributed by atoms with Gasteiger partial charge < -0.3 is 9.64 Å². The molecule has 136 valence electrons. The Morgan fingerprint density at radius 2 is 1.72 bits per heavy atom. The molecule has 1 rings (SSSR count). The molecule has 0 aromatic heterocycles. The van der Waals surface area contributed by atoms with Gasteiger partial charge in [0.15, 0.2) is 6.61 Å². The van der Waals surface area contributed by atoms with E-state index >= 15 is 0 Å². The van der Waals surface area contributed by atoms with Gasteiger partial charge in [0, 0.05) is 13.1 Å². The van der Waals surface area contributed by atoms with Gasteiger partial charge in [0.1, 0.15) is 12.4 Å². The second-order valence-electron chi connectivity index (χ2n) is 4.82. The van der Waals surface area contributed by atoms with Crippen molar-refractivity contribution < 1.29 is 27.1 Å². The van der Waals surface area contributed by atoms with E-state index in [1.54, 1.807) is 0 Å². The minimum atomic E-state index is -3.98. The van der Waals surface area contributed by atoms with Crippen LogP contribution in [0.3, 0.4) is 0 Å². The number of hydrogen-bond donors (Lipinski definition) is 1. The van der Waals surface area contributed by atoms with Gasteiger partial charge in [-0.1, -0.05) is 12.2 Å². The Kier molecular flexibility index (Phi) is 7.96. The van der Waals surface area contributed by atoms with E-state index < -0.39 is 40.9 Å². The highest BCUT2D eigenvalue weighted by Gasteiger charge is 2.18. The van der Waals surface area contributed by atoms with Crippen LogP contribution < -0.4 is 4.72 Å². The molecule has 0 aliphatic rings. The van der Waals surface area contributed by atoms with Crippen molar-refractivity contribution >= 4 is 21.9 Å². The van der Waals surface area contributed by atoms with Gasteiger partial charge in [-0.15, -0.1) is 13.2 Å². The van der Waals surface area contributed by atoms with Crippen molar-refractivity contribution in [2.45, 2.75) is 4.90 Å². The first-order valence-corrected chi connectivity index (χ1v) is 8.69. The molecule has 1 aromatic carbocycles. The Hall–Kier alpha value is -2.52. The lowest BCUT2D eigenvalue weighted by Gasteiger charge is -2.18. The summed E-state index contributed by atoms with van der Waals surface area (Å²) in [5.41, 5.74) is 0. The number of carbonyl (C=O) groups excluding carboxylic acids is 2. The van der Waals surface area contributed by atoms with Crippen LogP contribution in [-0.4, -0.2) is 51.4 Å². The highest BCUT2D eigenvalue weighted by atomic mass is 32.2. The Balaban J connectivity index is 2.51. The number of nitrogens with one attached hydrogen (secondary N) is 1. The number of halogens is 1. The molecule has 0 unspecified atom stereocenters. The minimum absolute atomic E-state index is 0.194. The van der Waals surface area contributed by atoms with E-state index in [4.69, 9.17) is 4.74 Å². The van der Waals surface area contributed by atoms with Crippen LogP contribution in [0.25, 0.3) is 0 Å². The Labute approximate surface area is 145 Å². The highest BCUT2D eigenvalue weighted by molar-refractivity contribution is 7.89. The van der Waals surface area contributed by atoms with Gasteiger partial charge in [-0.2, -0.15) is 4.72 Å². The molecule has 1 aromatic rings. The highest BCUT2D eigenvalue weighted by Crippen LogP contribution is 2.09. The van der Waals surface area contributed by atoms with Crippen molar-refractivity contribution in [2.24, 2.45) is 0 Å². The first-order chi connectivity index (χ1) is 11.8. The van der Waals surface area contributed by atoms with Gasteiger partial charge in [0.25, 0.3) is 5.91 Å². The van der Waals surface area contributed by atoms with E-state index in [1.165, 1.54) is 17.1 Å². The number of benzene rings is 1. The van der Waals surface area contributed by atoms with Crippen LogP contribution in [0, 0.1) is 5.82 Å². The second kappa shape index (κ2) is 9.70. The maximum Gasteiger partial charge on any atom is 0.321 e. The van der Waals surface area contributed by atoms with E-state index in [9.17, 15) is 22.4 Å². The molecule has 0 heterocycles. The minimum Gasteiger partial charge on any atom is -0.455 e. The number of esters is 1. The summed E-state index contributed by atoms with van der Waals surface area (Å²) in [6, 6.07) is 4.10. The molecule has 0 saturated carbocycles. The Morgan fingerprint density at radius 3 is 2.24 bits per heavy atom. The van der Waals surface area contributed by atoms with Gasteiger partial charge in [0.05, 0.1) is 4.90 Å². The average Bonchev–Trinajstić information content (AvgIpc) is 2.58. The predicted molar refractivity (Wildman–Crippen MR) is 89.5 cm³/mol. The maximum absolute atomic E-state index is 12.8.